The third-order valence-corrected chi connectivity index (χ3v) is 19.5. The van der Waals surface area contributed by atoms with Crippen LogP contribution in [0.5, 0.6) is 0 Å². The molecule has 0 aromatic heterocycles. The number of carbonyl (C=O) groups excluding carboxylic acids is 4. The largest absolute Gasteiger partial charge is 0.472 e. The van der Waals surface area contributed by atoms with E-state index in [1.807, 2.05) is 0 Å². The molecule has 0 aliphatic rings. The highest BCUT2D eigenvalue weighted by Gasteiger charge is 2.30. The zero-order valence-corrected chi connectivity index (χ0v) is 64.1. The molecule has 0 fully saturated rings. The number of aliphatic hydroxyl groups is 1. The molecule has 0 aromatic rings. The lowest BCUT2D eigenvalue weighted by molar-refractivity contribution is -0.161. The van der Waals surface area contributed by atoms with E-state index in [4.69, 9.17) is 37.0 Å². The van der Waals surface area contributed by atoms with E-state index in [0.717, 1.165) is 114 Å². The minimum Gasteiger partial charge on any atom is -0.462 e. The fourth-order valence-corrected chi connectivity index (χ4v) is 13.1. The Bertz CT molecular complexity index is 1870. The van der Waals surface area contributed by atoms with Crippen molar-refractivity contribution in [3.05, 3.63) is 0 Å². The van der Waals surface area contributed by atoms with Crippen molar-refractivity contribution in [3.63, 3.8) is 0 Å². The van der Waals surface area contributed by atoms with Gasteiger partial charge < -0.3 is 33.8 Å². The van der Waals surface area contributed by atoms with E-state index < -0.39 is 97.5 Å². The molecule has 0 rings (SSSR count). The average molecular weight is 1400 g/mol. The first-order chi connectivity index (χ1) is 45.6. The minimum atomic E-state index is -4.96. The number of esters is 4. The van der Waals surface area contributed by atoms with Gasteiger partial charge in [0.2, 0.25) is 0 Å². The Hall–Kier alpha value is -1.94. The number of rotatable bonds is 73. The molecule has 0 aromatic carbocycles. The molecule has 95 heavy (non-hydrogen) atoms. The SMILES string of the molecule is CC(C)CCCCCCCCCCCCCCCCCC(=O)OC[C@H](COP(=O)(O)OCC(O)COP(=O)(O)OC[C@@H](COC(=O)CCCCCCCCCC(C)C)OC(=O)CCCCCCCCCCCCCCCC(C)C)OC(=O)CCCCCCCCCCC(C)C. The predicted molar refractivity (Wildman–Crippen MR) is 386 cm³/mol. The number of hydrogen-bond donors (Lipinski definition) is 3. The molecule has 3 unspecified atom stereocenters. The van der Waals surface area contributed by atoms with Gasteiger partial charge in [0.1, 0.15) is 19.3 Å². The first-order valence-electron chi connectivity index (χ1n) is 39.2. The van der Waals surface area contributed by atoms with Crippen LogP contribution >= 0.6 is 15.6 Å². The summed E-state index contributed by atoms with van der Waals surface area (Å²) < 4.78 is 68.5. The number of ether oxygens (including phenoxy) is 4. The molecule has 0 saturated heterocycles. The standard InChI is InChI=1S/C76H148O17P2/c1-66(2)52-44-36-28-21-17-13-10-9-11-15-19-23-32-40-48-56-73(78)86-62-71(93-76(81)59-51-43-34-26-25-30-38-46-54-68(5)6)64-90-94(82,83)88-60-70(77)61-89-95(84,85)91-65-72(63-87-74(79)57-49-41-35-27-31-39-47-55-69(7)8)92-75(80)58-50-42-33-24-20-16-12-14-18-22-29-37-45-53-67(3)4/h66-72,77H,9-65H2,1-8H3,(H,82,83)(H,84,85)/t70?,71-,72-/m1/s1. The molecule has 17 nitrogen and oxygen atoms in total. The highest BCUT2D eigenvalue weighted by molar-refractivity contribution is 7.47. The maximum Gasteiger partial charge on any atom is 0.472 e. The molecule has 0 saturated carbocycles. The van der Waals surface area contributed by atoms with Crippen molar-refractivity contribution in [2.45, 2.75) is 401 Å². The summed E-state index contributed by atoms with van der Waals surface area (Å²) in [4.78, 5) is 72.8. The maximum absolute atomic E-state index is 13.1. The second-order valence-corrected chi connectivity index (χ2v) is 32.2. The molecule has 0 spiro atoms. The van der Waals surface area contributed by atoms with Crippen molar-refractivity contribution in [3.8, 4) is 0 Å². The molecule has 0 aliphatic carbocycles. The second-order valence-electron chi connectivity index (χ2n) is 29.3. The van der Waals surface area contributed by atoms with Crippen molar-refractivity contribution in [1.29, 1.82) is 0 Å². The topological polar surface area (TPSA) is 237 Å². The van der Waals surface area contributed by atoms with Crippen LogP contribution in [0.25, 0.3) is 0 Å². The van der Waals surface area contributed by atoms with Crippen LogP contribution in [-0.2, 0) is 65.4 Å². The van der Waals surface area contributed by atoms with Gasteiger partial charge in [-0.3, -0.25) is 37.3 Å². The van der Waals surface area contributed by atoms with E-state index in [2.05, 4.69) is 55.4 Å². The van der Waals surface area contributed by atoms with Crippen LogP contribution in [-0.4, -0.2) is 96.7 Å². The third kappa shape index (κ3) is 70.3. The summed E-state index contributed by atoms with van der Waals surface area (Å²) in [7, 11) is -9.91. The second kappa shape index (κ2) is 65.4. The van der Waals surface area contributed by atoms with Crippen molar-refractivity contribution >= 4 is 39.5 Å². The van der Waals surface area contributed by atoms with Crippen LogP contribution < -0.4 is 0 Å². The number of carbonyl (C=O) groups is 4. The zero-order chi connectivity index (χ0) is 70.3. The Labute approximate surface area is 581 Å². The van der Waals surface area contributed by atoms with E-state index >= 15 is 0 Å². The van der Waals surface area contributed by atoms with Gasteiger partial charge in [-0.05, 0) is 49.4 Å². The molecule has 564 valence electrons. The smallest absolute Gasteiger partial charge is 0.462 e. The normalized spacial score (nSPS) is 14.1. The van der Waals surface area contributed by atoms with Crippen molar-refractivity contribution in [2.75, 3.05) is 39.6 Å². The highest BCUT2D eigenvalue weighted by Crippen LogP contribution is 2.45. The lowest BCUT2D eigenvalue weighted by Crippen LogP contribution is -2.30. The summed E-state index contributed by atoms with van der Waals surface area (Å²) in [5.74, 6) is 0.893. The summed E-state index contributed by atoms with van der Waals surface area (Å²) >= 11 is 0. The molecule has 0 heterocycles. The Morgan fingerprint density at radius 2 is 0.442 bits per heavy atom. The quantitative estimate of drug-likeness (QED) is 0.0222. The molecule has 0 radical (unpaired) electrons. The fourth-order valence-electron chi connectivity index (χ4n) is 11.6. The predicted octanol–water partition coefficient (Wildman–Crippen LogP) is 22.0. The van der Waals surface area contributed by atoms with Crippen molar-refractivity contribution in [2.24, 2.45) is 23.7 Å². The number of phosphoric ester groups is 2. The molecule has 0 bridgehead atoms. The Morgan fingerprint density at radius 1 is 0.263 bits per heavy atom. The fraction of sp³-hybridized carbons (Fsp3) is 0.947. The van der Waals surface area contributed by atoms with Gasteiger partial charge in [-0.1, -0.05) is 331 Å². The summed E-state index contributed by atoms with van der Waals surface area (Å²) in [6.45, 7) is 14.1. The first kappa shape index (κ1) is 93.1. The van der Waals surface area contributed by atoms with Gasteiger partial charge in [0, 0.05) is 25.7 Å². The van der Waals surface area contributed by atoms with Gasteiger partial charge in [0.25, 0.3) is 0 Å². The average Bonchev–Trinajstić information content (AvgIpc) is 1.29. The van der Waals surface area contributed by atoms with Crippen LogP contribution in [0.4, 0.5) is 0 Å². The molecule has 5 atom stereocenters. The molecule has 3 N–H and O–H groups in total. The van der Waals surface area contributed by atoms with Crippen molar-refractivity contribution in [1.82, 2.24) is 0 Å². The van der Waals surface area contributed by atoms with Crippen LogP contribution in [0.3, 0.4) is 0 Å². The number of phosphoric acid groups is 2. The Balaban J connectivity index is 5.20. The van der Waals surface area contributed by atoms with Gasteiger partial charge in [-0.2, -0.15) is 0 Å². The maximum atomic E-state index is 13.1. The number of unbranched alkanes of at least 4 members (excludes halogenated alkanes) is 39. The Kier molecular flexibility index (Phi) is 64.0. The van der Waals surface area contributed by atoms with Gasteiger partial charge >= 0.3 is 39.5 Å². The third-order valence-electron chi connectivity index (χ3n) is 17.6. The Morgan fingerprint density at radius 3 is 0.653 bits per heavy atom. The first-order valence-corrected chi connectivity index (χ1v) is 42.2. The lowest BCUT2D eigenvalue weighted by Gasteiger charge is -2.21. The van der Waals surface area contributed by atoms with E-state index in [1.165, 1.54) is 180 Å². The lowest BCUT2D eigenvalue weighted by atomic mass is 10.0. The molecular weight excluding hydrogens is 1250 g/mol. The van der Waals surface area contributed by atoms with Crippen LogP contribution in [0, 0.1) is 23.7 Å². The van der Waals surface area contributed by atoms with Crippen LogP contribution in [0.15, 0.2) is 0 Å². The van der Waals surface area contributed by atoms with E-state index in [9.17, 15) is 43.2 Å². The highest BCUT2D eigenvalue weighted by atomic mass is 31.2. The summed E-state index contributed by atoms with van der Waals surface area (Å²) in [5, 5.41) is 10.6. The number of aliphatic hydroxyl groups excluding tert-OH is 1. The molecule has 0 aliphatic heterocycles. The minimum absolute atomic E-state index is 0.104. The van der Waals surface area contributed by atoms with Gasteiger partial charge in [-0.15, -0.1) is 0 Å². The summed E-state index contributed by atoms with van der Waals surface area (Å²) in [5.41, 5.74) is 0. The number of hydrogen-bond acceptors (Lipinski definition) is 15. The van der Waals surface area contributed by atoms with E-state index in [-0.39, 0.29) is 25.7 Å². The monoisotopic (exact) mass is 1400 g/mol. The summed E-state index contributed by atoms with van der Waals surface area (Å²) in [6, 6.07) is 0. The van der Waals surface area contributed by atoms with Gasteiger partial charge in [0.05, 0.1) is 26.4 Å². The van der Waals surface area contributed by atoms with Gasteiger partial charge in [-0.25, -0.2) is 9.13 Å². The van der Waals surface area contributed by atoms with Crippen LogP contribution in [0.1, 0.15) is 383 Å². The van der Waals surface area contributed by atoms with E-state index in [1.54, 1.807) is 0 Å². The van der Waals surface area contributed by atoms with E-state index in [0.29, 0.717) is 31.6 Å². The molecule has 0 amide bonds. The van der Waals surface area contributed by atoms with Crippen molar-refractivity contribution < 1.29 is 80.2 Å². The van der Waals surface area contributed by atoms with Gasteiger partial charge in [0.15, 0.2) is 12.2 Å². The molecular formula is C76H148O17P2. The van der Waals surface area contributed by atoms with Crippen LogP contribution in [0.2, 0.25) is 0 Å². The molecule has 19 heteroatoms. The summed E-state index contributed by atoms with van der Waals surface area (Å²) in [6.07, 6.45) is 50.1. The zero-order valence-electron chi connectivity index (χ0n) is 62.3.